The summed E-state index contributed by atoms with van der Waals surface area (Å²) in [5.74, 6) is -1.96. The lowest BCUT2D eigenvalue weighted by molar-refractivity contribution is -0.188. The predicted molar refractivity (Wildman–Crippen MR) is 133 cm³/mol. The molecule has 0 radical (unpaired) electrons. The molecular weight excluding hydrogens is 484 g/mol. The maximum atomic E-state index is 13.5. The van der Waals surface area contributed by atoms with Crippen LogP contribution in [0.4, 0.5) is 0 Å². The molecule has 2 aliphatic heterocycles. The molecule has 1 aromatic carbocycles. The van der Waals surface area contributed by atoms with Gasteiger partial charge in [0.05, 0.1) is 29.0 Å². The van der Waals surface area contributed by atoms with E-state index in [9.17, 15) is 19.2 Å². The van der Waals surface area contributed by atoms with E-state index in [0.717, 1.165) is 16.5 Å². The quantitative estimate of drug-likeness (QED) is 0.314. The Hall–Kier alpha value is -4.12. The van der Waals surface area contributed by atoms with Crippen LogP contribution >= 0.6 is 12.2 Å². The SMILES string of the molecule is CC[C@@]1(OC(=O)CNC(=S)NC(C)=O)C(=O)OCc2c1cc1n(c2=O)Cc2cc3ccccc3nc2-1. The van der Waals surface area contributed by atoms with Crippen molar-refractivity contribution >= 4 is 46.1 Å². The number of cyclic esters (lactones) is 1. The number of carbonyl (C=O) groups is 3. The van der Waals surface area contributed by atoms with Crippen LogP contribution in [0, 0.1) is 0 Å². The van der Waals surface area contributed by atoms with E-state index >= 15 is 0 Å². The first kappa shape index (κ1) is 23.6. The summed E-state index contributed by atoms with van der Waals surface area (Å²) in [7, 11) is 0. The van der Waals surface area contributed by atoms with Gasteiger partial charge in [-0.25, -0.2) is 9.78 Å². The Kier molecular flexibility index (Phi) is 5.79. The van der Waals surface area contributed by atoms with Crippen molar-refractivity contribution in [3.63, 3.8) is 0 Å². The highest BCUT2D eigenvalue weighted by Crippen LogP contribution is 2.40. The Balaban J connectivity index is 1.55. The third-order valence-electron chi connectivity index (χ3n) is 6.36. The van der Waals surface area contributed by atoms with Crippen LogP contribution in [-0.2, 0) is 42.6 Å². The molecule has 0 saturated heterocycles. The van der Waals surface area contributed by atoms with Crippen LogP contribution in [0.3, 0.4) is 0 Å². The average molecular weight is 507 g/mol. The molecule has 1 amide bonds. The molecule has 0 fully saturated rings. The lowest BCUT2D eigenvalue weighted by Crippen LogP contribution is -2.49. The number of aromatic nitrogens is 2. The average Bonchev–Trinajstić information content (AvgIpc) is 3.20. The van der Waals surface area contributed by atoms with Crippen LogP contribution in [-0.4, -0.2) is 39.1 Å². The molecule has 36 heavy (non-hydrogen) atoms. The fraction of sp³-hybridized carbons (Fsp3) is 0.280. The smallest absolute Gasteiger partial charge is 0.355 e. The summed E-state index contributed by atoms with van der Waals surface area (Å²) in [6.07, 6.45) is 0.0433. The maximum Gasteiger partial charge on any atom is 0.355 e. The number of amides is 1. The molecule has 0 aliphatic carbocycles. The number of rotatable bonds is 4. The van der Waals surface area contributed by atoms with Gasteiger partial charge in [0, 0.05) is 23.4 Å². The molecule has 3 aromatic rings. The van der Waals surface area contributed by atoms with Crippen molar-refractivity contribution in [2.45, 2.75) is 39.0 Å². The molecule has 0 unspecified atom stereocenters. The predicted octanol–water partition coefficient (Wildman–Crippen LogP) is 1.64. The highest BCUT2D eigenvalue weighted by atomic mass is 32.1. The molecule has 184 valence electrons. The van der Waals surface area contributed by atoms with E-state index in [1.165, 1.54) is 6.92 Å². The molecule has 2 aromatic heterocycles. The Morgan fingerprint density at radius 2 is 2.03 bits per heavy atom. The van der Waals surface area contributed by atoms with E-state index < -0.39 is 30.0 Å². The Morgan fingerprint density at radius 3 is 2.78 bits per heavy atom. The highest BCUT2D eigenvalue weighted by molar-refractivity contribution is 7.80. The van der Waals surface area contributed by atoms with Crippen molar-refractivity contribution in [3.8, 4) is 11.4 Å². The number of fused-ring (bicyclic) bond motifs is 5. The number of hydrogen-bond acceptors (Lipinski definition) is 8. The zero-order chi connectivity index (χ0) is 25.6. The third kappa shape index (κ3) is 3.81. The van der Waals surface area contributed by atoms with Crippen LogP contribution < -0.4 is 16.2 Å². The van der Waals surface area contributed by atoms with Gasteiger partial charge < -0.3 is 24.7 Å². The van der Waals surface area contributed by atoms with Gasteiger partial charge >= 0.3 is 11.9 Å². The van der Waals surface area contributed by atoms with Crippen LogP contribution in [0.15, 0.2) is 41.2 Å². The minimum absolute atomic E-state index is 0.0433. The number of esters is 2. The Labute approximate surface area is 210 Å². The van der Waals surface area contributed by atoms with Crippen LogP contribution in [0.25, 0.3) is 22.3 Å². The van der Waals surface area contributed by atoms with E-state index in [1.54, 1.807) is 17.6 Å². The standard InChI is InChI=1S/C25H22N4O6S/c1-3-25(35-20(31)10-26-24(36)27-13(2)30)17-9-19-21-15(8-14-6-4-5-7-18(14)28-21)11-29(19)22(32)16(17)12-34-23(25)33/h4-9H,3,10-12H2,1-2H3,(H2,26,27,30,36)/t25-/m0/s1. The topological polar surface area (TPSA) is 129 Å². The molecule has 2 aliphatic rings. The Morgan fingerprint density at radius 1 is 1.25 bits per heavy atom. The van der Waals surface area contributed by atoms with E-state index in [4.69, 9.17) is 26.7 Å². The summed E-state index contributed by atoms with van der Waals surface area (Å²) in [6.45, 7) is 2.67. The van der Waals surface area contributed by atoms with Gasteiger partial charge in [0.25, 0.3) is 5.56 Å². The first-order valence-electron chi connectivity index (χ1n) is 11.3. The number of thiocarbonyl (C=S) groups is 1. The Bertz CT molecular complexity index is 1530. The van der Waals surface area contributed by atoms with E-state index in [0.29, 0.717) is 17.9 Å². The summed E-state index contributed by atoms with van der Waals surface area (Å²) >= 11 is 4.94. The molecule has 0 spiro atoms. The molecule has 2 N–H and O–H groups in total. The van der Waals surface area contributed by atoms with Crippen molar-refractivity contribution < 1.29 is 23.9 Å². The van der Waals surface area contributed by atoms with Gasteiger partial charge in [-0.2, -0.15) is 0 Å². The van der Waals surface area contributed by atoms with Crippen LogP contribution in [0.5, 0.6) is 0 Å². The van der Waals surface area contributed by atoms with Crippen LogP contribution in [0.2, 0.25) is 0 Å². The van der Waals surface area contributed by atoms with Crippen molar-refractivity contribution in [3.05, 3.63) is 63.4 Å². The van der Waals surface area contributed by atoms with Gasteiger partial charge in [-0.15, -0.1) is 0 Å². The first-order chi connectivity index (χ1) is 17.2. The van der Waals surface area contributed by atoms with Gasteiger partial charge in [0.15, 0.2) is 5.11 Å². The fourth-order valence-electron chi connectivity index (χ4n) is 4.67. The fourth-order valence-corrected chi connectivity index (χ4v) is 4.89. The summed E-state index contributed by atoms with van der Waals surface area (Å²) < 4.78 is 12.6. The molecule has 4 heterocycles. The zero-order valence-electron chi connectivity index (χ0n) is 19.5. The van der Waals surface area contributed by atoms with Gasteiger partial charge in [0.1, 0.15) is 13.2 Å². The number of ether oxygens (including phenoxy) is 2. The lowest BCUT2D eigenvalue weighted by Gasteiger charge is -2.35. The number of hydrogen-bond donors (Lipinski definition) is 2. The largest absolute Gasteiger partial charge is 0.457 e. The highest BCUT2D eigenvalue weighted by Gasteiger charge is 2.50. The second-order valence-electron chi connectivity index (χ2n) is 8.60. The number of nitrogens with zero attached hydrogens (tertiary/aromatic N) is 2. The maximum absolute atomic E-state index is 13.5. The van der Waals surface area contributed by atoms with Gasteiger partial charge in [-0.3, -0.25) is 14.4 Å². The summed E-state index contributed by atoms with van der Waals surface area (Å²) in [5, 5.41) is 5.81. The number of carbonyl (C=O) groups excluding carboxylic acids is 3. The van der Waals surface area contributed by atoms with Crippen molar-refractivity contribution in [2.75, 3.05) is 6.54 Å². The van der Waals surface area contributed by atoms with E-state index in [-0.39, 0.29) is 34.8 Å². The number of nitrogens with one attached hydrogen (secondary N) is 2. The minimum Gasteiger partial charge on any atom is -0.457 e. The summed E-state index contributed by atoms with van der Waals surface area (Å²) in [6, 6.07) is 11.4. The summed E-state index contributed by atoms with van der Waals surface area (Å²) in [5.41, 5.74) is 1.27. The normalized spacial score (nSPS) is 17.4. The molecule has 1 atom stereocenters. The van der Waals surface area contributed by atoms with Gasteiger partial charge in [-0.05, 0) is 36.8 Å². The molecule has 0 bridgehead atoms. The zero-order valence-corrected chi connectivity index (χ0v) is 20.4. The van der Waals surface area contributed by atoms with E-state index in [1.807, 2.05) is 30.3 Å². The van der Waals surface area contributed by atoms with Crippen molar-refractivity contribution in [1.82, 2.24) is 20.2 Å². The monoisotopic (exact) mass is 506 g/mol. The van der Waals surface area contributed by atoms with Gasteiger partial charge in [-0.1, -0.05) is 25.1 Å². The summed E-state index contributed by atoms with van der Waals surface area (Å²) in [4.78, 5) is 55.2. The first-order valence-corrected chi connectivity index (χ1v) is 11.7. The van der Waals surface area contributed by atoms with Crippen molar-refractivity contribution in [1.29, 1.82) is 0 Å². The van der Waals surface area contributed by atoms with Crippen molar-refractivity contribution in [2.24, 2.45) is 0 Å². The number of benzene rings is 1. The van der Waals surface area contributed by atoms with Gasteiger partial charge in [0.2, 0.25) is 11.5 Å². The third-order valence-corrected chi connectivity index (χ3v) is 6.60. The number of para-hydroxylation sites is 1. The van der Waals surface area contributed by atoms with Crippen LogP contribution in [0.1, 0.15) is 37.0 Å². The van der Waals surface area contributed by atoms with E-state index in [2.05, 4.69) is 10.6 Å². The molecule has 10 nitrogen and oxygen atoms in total. The lowest BCUT2D eigenvalue weighted by atomic mass is 9.85. The molecule has 11 heteroatoms. The molecular formula is C25H22N4O6S. The second kappa shape index (κ2) is 8.83. The number of pyridine rings is 2. The minimum atomic E-state index is -1.81. The molecule has 0 saturated carbocycles. The molecule has 5 rings (SSSR count). The second-order valence-corrected chi connectivity index (χ2v) is 9.00.